The fraction of sp³-hybridized carbons (Fsp3) is 0. The average Bonchev–Trinajstić information content (AvgIpc) is 2.94. The summed E-state index contributed by atoms with van der Waals surface area (Å²) in [6, 6.07) is 18.8. The van der Waals surface area contributed by atoms with Gasteiger partial charge in [-0.15, -0.1) is 0 Å². The summed E-state index contributed by atoms with van der Waals surface area (Å²) in [6.45, 7) is 0. The van der Waals surface area contributed by atoms with Crippen molar-refractivity contribution in [1.29, 1.82) is 0 Å². The van der Waals surface area contributed by atoms with Gasteiger partial charge in [0.2, 0.25) is 0 Å². The highest BCUT2D eigenvalue weighted by molar-refractivity contribution is 6.23. The standard InChI is InChI=1S/C18H11N3/c1-2-4-11(5-3-1)18-12-6-7-13-17-14(20-10-19-13)8-9-15(21-18)16(12)17/h1-10,21H. The Bertz CT molecular complexity index is 1060. The summed E-state index contributed by atoms with van der Waals surface area (Å²) in [5.74, 6) is 0. The van der Waals surface area contributed by atoms with Gasteiger partial charge in [-0.3, -0.25) is 0 Å². The van der Waals surface area contributed by atoms with E-state index in [0.29, 0.717) is 0 Å². The zero-order chi connectivity index (χ0) is 13.8. The normalized spacial score (nSPS) is 11.8. The van der Waals surface area contributed by atoms with Gasteiger partial charge < -0.3 is 4.98 Å². The van der Waals surface area contributed by atoms with Crippen LogP contribution in [-0.4, -0.2) is 15.0 Å². The molecule has 3 heteroatoms. The van der Waals surface area contributed by atoms with Crippen LogP contribution < -0.4 is 0 Å². The summed E-state index contributed by atoms with van der Waals surface area (Å²) in [5, 5.41) is 3.60. The fourth-order valence-corrected chi connectivity index (χ4v) is 3.18. The smallest absolute Gasteiger partial charge is 0.116 e. The minimum Gasteiger partial charge on any atom is -0.354 e. The lowest BCUT2D eigenvalue weighted by Gasteiger charge is -2.04. The minimum absolute atomic E-state index is 0.997. The van der Waals surface area contributed by atoms with Crippen LogP contribution in [0, 0.1) is 0 Å². The lowest BCUT2D eigenvalue weighted by molar-refractivity contribution is 1.26. The zero-order valence-electron chi connectivity index (χ0n) is 11.2. The Labute approximate surface area is 120 Å². The van der Waals surface area contributed by atoms with E-state index in [4.69, 9.17) is 0 Å². The molecule has 3 aromatic carbocycles. The van der Waals surface area contributed by atoms with Crippen molar-refractivity contribution in [2.75, 3.05) is 0 Å². The molecule has 2 heterocycles. The summed E-state index contributed by atoms with van der Waals surface area (Å²) >= 11 is 0. The van der Waals surface area contributed by atoms with E-state index in [1.165, 1.54) is 16.3 Å². The highest BCUT2D eigenvalue weighted by Gasteiger charge is 2.15. The number of H-pyrrole nitrogens is 1. The van der Waals surface area contributed by atoms with Crippen LogP contribution in [0.3, 0.4) is 0 Å². The second kappa shape index (κ2) is 3.79. The largest absolute Gasteiger partial charge is 0.354 e. The van der Waals surface area contributed by atoms with Crippen molar-refractivity contribution in [3.8, 4) is 11.3 Å². The number of hydrogen-bond acceptors (Lipinski definition) is 2. The number of aromatic nitrogens is 3. The Morgan fingerprint density at radius 3 is 2.29 bits per heavy atom. The molecular formula is C18H11N3. The van der Waals surface area contributed by atoms with E-state index in [1.54, 1.807) is 6.33 Å². The molecule has 98 valence electrons. The summed E-state index contributed by atoms with van der Waals surface area (Å²) in [6.07, 6.45) is 1.63. The molecule has 0 aliphatic carbocycles. The summed E-state index contributed by atoms with van der Waals surface area (Å²) in [7, 11) is 0. The zero-order valence-corrected chi connectivity index (χ0v) is 11.2. The highest BCUT2D eigenvalue weighted by Crippen LogP contribution is 2.37. The Balaban J connectivity index is 2.02. The van der Waals surface area contributed by atoms with E-state index in [9.17, 15) is 0 Å². The van der Waals surface area contributed by atoms with E-state index >= 15 is 0 Å². The van der Waals surface area contributed by atoms with Gasteiger partial charge in [0.1, 0.15) is 6.33 Å². The Morgan fingerprint density at radius 1 is 0.714 bits per heavy atom. The summed E-state index contributed by atoms with van der Waals surface area (Å²) in [5.41, 5.74) is 5.48. The molecule has 0 aliphatic heterocycles. The van der Waals surface area contributed by atoms with Crippen LogP contribution in [0.2, 0.25) is 0 Å². The fourth-order valence-electron chi connectivity index (χ4n) is 3.18. The summed E-state index contributed by atoms with van der Waals surface area (Å²) in [4.78, 5) is 12.3. The number of benzene rings is 3. The molecule has 0 atom stereocenters. The number of nitrogens with one attached hydrogen (secondary N) is 1. The molecule has 0 saturated heterocycles. The minimum atomic E-state index is 0.997. The molecular weight excluding hydrogens is 258 g/mol. The van der Waals surface area contributed by atoms with Crippen LogP contribution in [0.25, 0.3) is 44.0 Å². The molecule has 0 bridgehead atoms. The van der Waals surface area contributed by atoms with Gasteiger partial charge in [-0.1, -0.05) is 30.3 Å². The van der Waals surface area contributed by atoms with Crippen molar-refractivity contribution >= 4 is 32.7 Å². The monoisotopic (exact) mass is 269 g/mol. The van der Waals surface area contributed by atoms with E-state index in [1.807, 2.05) is 6.07 Å². The first-order valence-corrected chi connectivity index (χ1v) is 6.95. The van der Waals surface area contributed by atoms with Crippen LogP contribution in [0.15, 0.2) is 60.9 Å². The van der Waals surface area contributed by atoms with Crippen molar-refractivity contribution in [2.24, 2.45) is 0 Å². The number of nitrogens with zero attached hydrogens (tertiary/aromatic N) is 2. The van der Waals surface area contributed by atoms with Crippen molar-refractivity contribution in [2.45, 2.75) is 0 Å². The molecule has 0 fully saturated rings. The third-order valence-electron chi connectivity index (χ3n) is 4.10. The summed E-state index contributed by atoms with van der Waals surface area (Å²) < 4.78 is 0. The van der Waals surface area contributed by atoms with Gasteiger partial charge in [0.05, 0.1) is 16.7 Å². The van der Waals surface area contributed by atoms with E-state index < -0.39 is 0 Å². The maximum Gasteiger partial charge on any atom is 0.116 e. The first kappa shape index (κ1) is 10.8. The van der Waals surface area contributed by atoms with Crippen LogP contribution in [0.1, 0.15) is 0 Å². The van der Waals surface area contributed by atoms with E-state index in [2.05, 4.69) is 63.5 Å². The molecule has 1 N–H and O–H groups in total. The predicted octanol–water partition coefficient (Wildman–Crippen LogP) is 4.37. The molecule has 0 spiro atoms. The van der Waals surface area contributed by atoms with Gasteiger partial charge in [-0.05, 0) is 29.8 Å². The van der Waals surface area contributed by atoms with E-state index in [-0.39, 0.29) is 0 Å². The quantitative estimate of drug-likeness (QED) is 0.491. The van der Waals surface area contributed by atoms with Gasteiger partial charge in [0.25, 0.3) is 0 Å². The van der Waals surface area contributed by atoms with Gasteiger partial charge in [-0.25, -0.2) is 9.97 Å². The molecule has 0 radical (unpaired) electrons. The lowest BCUT2D eigenvalue weighted by Crippen LogP contribution is -1.85. The van der Waals surface area contributed by atoms with Crippen LogP contribution in [-0.2, 0) is 0 Å². The number of aromatic amines is 1. The third kappa shape index (κ3) is 1.37. The average molecular weight is 269 g/mol. The van der Waals surface area contributed by atoms with Crippen molar-refractivity contribution in [3.63, 3.8) is 0 Å². The molecule has 21 heavy (non-hydrogen) atoms. The van der Waals surface area contributed by atoms with E-state index in [0.717, 1.165) is 27.6 Å². The van der Waals surface area contributed by atoms with Crippen LogP contribution in [0.5, 0.6) is 0 Å². The second-order valence-corrected chi connectivity index (χ2v) is 5.25. The molecule has 0 aliphatic rings. The first-order chi connectivity index (χ1) is 10.4. The maximum absolute atomic E-state index is 4.39. The van der Waals surface area contributed by atoms with Gasteiger partial charge in [0.15, 0.2) is 0 Å². The third-order valence-corrected chi connectivity index (χ3v) is 4.10. The maximum atomic E-state index is 4.39. The molecule has 5 aromatic rings. The Morgan fingerprint density at radius 2 is 1.48 bits per heavy atom. The molecule has 0 amide bonds. The van der Waals surface area contributed by atoms with Gasteiger partial charge >= 0.3 is 0 Å². The predicted molar refractivity (Wildman–Crippen MR) is 85.5 cm³/mol. The highest BCUT2D eigenvalue weighted by atomic mass is 14.8. The Hall–Kier alpha value is -2.94. The molecule has 0 unspecified atom stereocenters. The van der Waals surface area contributed by atoms with Crippen molar-refractivity contribution in [1.82, 2.24) is 15.0 Å². The van der Waals surface area contributed by atoms with Crippen LogP contribution in [0.4, 0.5) is 0 Å². The van der Waals surface area contributed by atoms with Crippen LogP contribution >= 0.6 is 0 Å². The van der Waals surface area contributed by atoms with Gasteiger partial charge in [0, 0.05) is 21.7 Å². The Kier molecular flexibility index (Phi) is 1.95. The number of rotatable bonds is 1. The first-order valence-electron chi connectivity index (χ1n) is 6.95. The molecule has 3 nitrogen and oxygen atoms in total. The second-order valence-electron chi connectivity index (χ2n) is 5.25. The lowest BCUT2D eigenvalue weighted by atomic mass is 10.0. The SMILES string of the molecule is c1ccc(-c2[nH]c3ccc4ncnc5ccc2c3c45)cc1. The number of hydrogen-bond donors (Lipinski definition) is 1. The van der Waals surface area contributed by atoms with Crippen molar-refractivity contribution < 1.29 is 0 Å². The topological polar surface area (TPSA) is 41.6 Å². The molecule has 2 aromatic heterocycles. The van der Waals surface area contributed by atoms with Crippen molar-refractivity contribution in [3.05, 3.63) is 60.9 Å². The molecule has 5 rings (SSSR count). The van der Waals surface area contributed by atoms with Gasteiger partial charge in [-0.2, -0.15) is 0 Å². The molecule has 0 saturated carbocycles.